The largest absolute Gasteiger partial charge is 0.497 e. The summed E-state index contributed by atoms with van der Waals surface area (Å²) in [5.74, 6) is 5.10. The number of nitrogens with one attached hydrogen (secondary N) is 7. The number of piperidine rings is 2. The Hall–Kier alpha value is -12.7. The van der Waals surface area contributed by atoms with Gasteiger partial charge in [0.1, 0.15) is 28.9 Å². The van der Waals surface area contributed by atoms with Gasteiger partial charge in [-0.15, -0.1) is 10.2 Å². The fourth-order valence-corrected chi connectivity index (χ4v) is 21.8. The highest BCUT2D eigenvalue weighted by molar-refractivity contribution is 5.92. The minimum Gasteiger partial charge on any atom is -0.497 e. The monoisotopic (exact) mass is 2040 g/mol. The second-order valence-electron chi connectivity index (χ2n) is 39.8. The Morgan fingerprint density at radius 2 is 0.831 bits per heavy atom. The Kier molecular flexibility index (Phi) is 41.3. The lowest BCUT2D eigenvalue weighted by atomic mass is 9.83. The standard InChI is InChI=1S/C30H38FN11O.C28H38F3N3O.C27H29F3N4O2.C27H36FN3O2.CH4/c1-40-28(34-36-38-40)23-15-24(29-35-37-39-41(29)2)17-26(16-23)32-30(43)33-27-8-4-3-7-22(27)19-42-13-5-6-21(18-42)14-20-9-11-25(31)12-10-20;1-35-26-13-7-22(8-14-26)15-16-32-21-27(23-9-11-24(12-10-23)28(29,30)31)34-19-17-33(18-20-34)25-5-3-2-4-6-25;1-36-24-13-11-22(12-14-24)32-26(35)31-19-25(20-7-9-21(10-8-20)27(28,29)30)34-17-15-33(16-18-34)23-5-3-2-4-6-23;1-33-25-14-12-24(13-15-25)29-27(32)30-26-7-3-2-6-22(26)19-31-16-4-5-21(18-31)17-20-8-10-23(28)11-9-20;/h9-12,15-17,21-22,27H,3-8,13-14,18-19H2,1-2H3,(H2,32,33,43);7-14,25,27,32H,2-6,15-21H2,1H3;2-14,25H,15-19H2,1H3,(H2,31,32,35);8-15,21-22,26H,2-7,16-19H2,1H3,(H2,29,30,32);1H4/t21-,22-,27+;;;21-,22-,26+;/m0..0./s1. The Bertz CT molecular complexity index is 5780. The van der Waals surface area contributed by atoms with Gasteiger partial charge in [0.15, 0.2) is 11.6 Å². The molecule has 148 heavy (non-hydrogen) atoms. The summed E-state index contributed by atoms with van der Waals surface area (Å²) in [7, 11) is 8.39. The van der Waals surface area contributed by atoms with Gasteiger partial charge in [0.05, 0.1) is 38.5 Å². The summed E-state index contributed by atoms with van der Waals surface area (Å²) < 4.78 is 124. The average Bonchev–Trinajstić information content (AvgIpc) is 1.79. The van der Waals surface area contributed by atoms with E-state index in [9.17, 15) is 49.5 Å². The van der Waals surface area contributed by atoms with E-state index >= 15 is 0 Å². The number of anilines is 4. The third-order valence-corrected chi connectivity index (χ3v) is 29.7. The number of urea groups is 3. The minimum absolute atomic E-state index is 0. The lowest BCUT2D eigenvalue weighted by Crippen LogP contribution is -2.52. The molecule has 3 aliphatic carbocycles. The summed E-state index contributed by atoms with van der Waals surface area (Å²) in [4.78, 5) is 53.3. The van der Waals surface area contributed by atoms with E-state index in [1.807, 2.05) is 97.1 Å². The maximum absolute atomic E-state index is 13.4. The van der Waals surface area contributed by atoms with Crippen molar-refractivity contribution in [3.63, 3.8) is 0 Å². The second-order valence-corrected chi connectivity index (χ2v) is 39.8. The van der Waals surface area contributed by atoms with Gasteiger partial charge < -0.3 is 66.1 Å². The molecule has 4 aliphatic heterocycles. The molecule has 6 heterocycles. The molecule has 9 aromatic carbocycles. The molecule has 7 aliphatic rings. The molecule has 2 unspecified atom stereocenters. The summed E-state index contributed by atoms with van der Waals surface area (Å²) in [6.45, 7) is 15.1. The van der Waals surface area contributed by atoms with Crippen LogP contribution in [0, 0.1) is 35.3 Å². The Morgan fingerprint density at radius 3 is 1.27 bits per heavy atom. The van der Waals surface area contributed by atoms with E-state index < -0.39 is 23.5 Å². The van der Waals surface area contributed by atoms with E-state index in [-0.39, 0.29) is 67.9 Å². The molecule has 2 aromatic heterocycles. The van der Waals surface area contributed by atoms with Crippen LogP contribution < -0.4 is 56.3 Å². The molecule has 35 heteroatoms. The first-order chi connectivity index (χ1) is 71.3. The van der Waals surface area contributed by atoms with Crippen LogP contribution in [0.4, 0.5) is 72.3 Å². The highest BCUT2D eigenvalue weighted by Crippen LogP contribution is 2.38. The molecule has 6 amide bonds. The van der Waals surface area contributed by atoms with Gasteiger partial charge in [-0.3, -0.25) is 14.7 Å². The number of amides is 6. The topological polar surface area (TPSA) is 270 Å². The predicted octanol–water partition coefficient (Wildman–Crippen LogP) is 20.9. The number of aromatic nitrogens is 8. The number of piperazine rings is 2. The van der Waals surface area contributed by atoms with Crippen molar-refractivity contribution in [2.75, 3.05) is 153 Å². The number of alkyl halides is 6. The highest BCUT2D eigenvalue weighted by Gasteiger charge is 2.38. The van der Waals surface area contributed by atoms with Crippen molar-refractivity contribution in [3.8, 4) is 40.0 Å². The summed E-state index contributed by atoms with van der Waals surface area (Å²) in [5, 5.41) is 45.5. The van der Waals surface area contributed by atoms with Crippen molar-refractivity contribution in [2.24, 2.45) is 37.8 Å². The van der Waals surface area contributed by atoms with Gasteiger partial charge in [-0.25, -0.2) is 32.5 Å². The molecule has 0 bridgehead atoms. The number of hydrogen-bond donors (Lipinski definition) is 7. The normalized spacial score (nSPS) is 19.7. The van der Waals surface area contributed by atoms with Gasteiger partial charge in [-0.1, -0.05) is 131 Å². The number of benzene rings is 9. The van der Waals surface area contributed by atoms with Crippen LogP contribution in [0.5, 0.6) is 17.2 Å². The van der Waals surface area contributed by atoms with Crippen LogP contribution in [0.3, 0.4) is 0 Å². The van der Waals surface area contributed by atoms with Gasteiger partial charge >= 0.3 is 30.4 Å². The van der Waals surface area contributed by atoms with E-state index in [1.54, 1.807) is 105 Å². The van der Waals surface area contributed by atoms with Crippen LogP contribution in [0.2, 0.25) is 0 Å². The maximum Gasteiger partial charge on any atom is 0.416 e. The van der Waals surface area contributed by atoms with Crippen LogP contribution in [0.15, 0.2) is 218 Å². The van der Waals surface area contributed by atoms with Gasteiger partial charge in [0.25, 0.3) is 0 Å². The molecular weight excluding hydrogens is 1900 g/mol. The Labute approximate surface area is 864 Å². The van der Waals surface area contributed by atoms with Crippen LogP contribution in [0.1, 0.15) is 168 Å². The molecule has 0 spiro atoms. The quantitative estimate of drug-likeness (QED) is 0.0157. The van der Waals surface area contributed by atoms with Crippen molar-refractivity contribution in [2.45, 2.75) is 178 Å². The zero-order valence-electron chi connectivity index (χ0n) is 84.9. The van der Waals surface area contributed by atoms with Gasteiger partial charge in [-0.2, -0.15) is 26.3 Å². The molecule has 794 valence electrons. The van der Waals surface area contributed by atoms with Crippen molar-refractivity contribution in [1.29, 1.82) is 0 Å². The van der Waals surface area contributed by atoms with Gasteiger partial charge in [0, 0.05) is 164 Å². The second kappa shape index (κ2) is 55.0. The molecule has 7 fully saturated rings. The van der Waals surface area contributed by atoms with Crippen molar-refractivity contribution in [3.05, 3.63) is 269 Å². The summed E-state index contributed by atoms with van der Waals surface area (Å²) >= 11 is 0. The lowest BCUT2D eigenvalue weighted by molar-refractivity contribution is -0.138. The van der Waals surface area contributed by atoms with Gasteiger partial charge in [-0.05, 0) is 315 Å². The number of likely N-dealkylation sites (tertiary alicyclic amines) is 2. The number of carbonyl (C=O) groups excluding carboxylic acids is 3. The van der Waals surface area contributed by atoms with E-state index in [4.69, 9.17) is 14.2 Å². The number of methoxy groups -OCH3 is 3. The number of para-hydroxylation sites is 1. The van der Waals surface area contributed by atoms with E-state index in [1.165, 1.54) is 105 Å². The number of ether oxygens (including phenoxy) is 3. The Morgan fingerprint density at radius 1 is 0.419 bits per heavy atom. The molecule has 0 radical (unpaired) electrons. The van der Waals surface area contributed by atoms with Crippen LogP contribution >= 0.6 is 0 Å². The molecule has 4 saturated heterocycles. The number of tetrazole rings is 2. The first kappa shape index (κ1) is 111. The third kappa shape index (κ3) is 33.2. The molecule has 3 saturated carbocycles. The van der Waals surface area contributed by atoms with E-state index in [0.29, 0.717) is 78.1 Å². The lowest BCUT2D eigenvalue weighted by Gasteiger charge is -2.43. The van der Waals surface area contributed by atoms with Crippen LogP contribution in [-0.2, 0) is 45.7 Å². The van der Waals surface area contributed by atoms with Crippen LogP contribution in [0.25, 0.3) is 22.8 Å². The highest BCUT2D eigenvalue weighted by atomic mass is 19.4. The summed E-state index contributed by atoms with van der Waals surface area (Å²) in [5.41, 5.74) is 8.61. The van der Waals surface area contributed by atoms with Gasteiger partial charge in [0.2, 0.25) is 0 Å². The molecule has 8 atom stereocenters. The van der Waals surface area contributed by atoms with Crippen molar-refractivity contribution < 1.29 is 63.7 Å². The fraction of sp³-hybridized carbons (Fsp3) is 0.478. The zero-order chi connectivity index (χ0) is 103. The molecule has 18 rings (SSSR count). The number of hydrogen-bond acceptors (Lipinski definition) is 19. The first-order valence-electron chi connectivity index (χ1n) is 52.0. The Balaban J connectivity index is 0.000000156. The number of nitrogens with zero attached hydrogens (tertiary/aromatic N) is 14. The summed E-state index contributed by atoms with van der Waals surface area (Å²) in [6.07, 6.45) is 14.5. The number of rotatable bonds is 31. The smallest absolute Gasteiger partial charge is 0.416 e. The fourth-order valence-electron chi connectivity index (χ4n) is 21.8. The number of halogens is 8. The average molecular weight is 2050 g/mol. The third-order valence-electron chi connectivity index (χ3n) is 29.7. The number of aryl methyl sites for hydroxylation is 2. The van der Waals surface area contributed by atoms with E-state index in [2.05, 4.69) is 122 Å². The van der Waals surface area contributed by atoms with Crippen molar-refractivity contribution in [1.82, 2.24) is 86.2 Å². The molecule has 11 aromatic rings. The SMILES string of the molecule is C.COc1ccc(CCNCC(c2ccc(C(F)(F)F)cc2)N2CCN(C3CCCCC3)CC2)cc1.COc1ccc(NC(=O)NCC(c2ccc(C(F)(F)F)cc2)N2CCN(c3ccccc3)CC2)cc1.COc1ccc(NC(=O)N[C@@H]2CCCC[C@H]2CN2CCC[C@@H](Cc3ccc(F)cc3)C2)cc1.Cn1nnnc1-c1cc(NC(=O)N[C@@H]2CCCC[C@H]2CN2CCC[C@@H](Cc3ccc(F)cc3)C2)cc(-c2nnnn2C)c1. The van der Waals surface area contributed by atoms with E-state index in [0.717, 1.165) is 207 Å². The molecule has 7 N–H and O–H groups in total. The zero-order valence-corrected chi connectivity index (χ0v) is 84.9. The first-order valence-corrected chi connectivity index (χ1v) is 52.0. The number of carbonyl (C=O) groups is 3. The minimum atomic E-state index is -4.40. The molecule has 27 nitrogen and oxygen atoms in total. The van der Waals surface area contributed by atoms with Crippen molar-refractivity contribution >= 4 is 40.8 Å². The van der Waals surface area contributed by atoms with Crippen LogP contribution in [-0.4, -0.2) is 234 Å². The molecular formula is C113H145F8N21O6. The summed E-state index contributed by atoms with van der Waals surface area (Å²) in [6, 6.07) is 63.0. The predicted molar refractivity (Wildman–Crippen MR) is 564 cm³/mol. The maximum atomic E-state index is 13.4.